The normalized spacial score (nSPS) is 10.1. The number of Topliss-reactive ketones (excluding diaryl/α,β-unsaturated/α-hetero) is 1. The highest BCUT2D eigenvalue weighted by Crippen LogP contribution is 2.20. The van der Waals surface area contributed by atoms with Crippen LogP contribution in [0.25, 0.3) is 0 Å². The molecule has 1 N–H and O–H groups in total. The van der Waals surface area contributed by atoms with E-state index in [1.807, 2.05) is 0 Å². The molecule has 0 amide bonds. The van der Waals surface area contributed by atoms with Crippen molar-refractivity contribution in [3.8, 4) is 5.75 Å². The molecule has 0 heterocycles. The van der Waals surface area contributed by atoms with Crippen LogP contribution in [0.15, 0.2) is 24.3 Å². The van der Waals surface area contributed by atoms with E-state index in [-0.39, 0.29) is 0 Å². The summed E-state index contributed by atoms with van der Waals surface area (Å²) in [5, 5.41) is 8.40. The molecule has 0 radical (unpaired) electrons. The molecule has 0 saturated heterocycles. The molecule has 80 valence electrons. The number of hydrogen-bond donors (Lipinski definition) is 1. The van der Waals surface area contributed by atoms with Gasteiger partial charge in [-0.15, -0.1) is 0 Å². The second-order valence-electron chi connectivity index (χ2n) is 2.51. The van der Waals surface area contributed by atoms with Crippen molar-refractivity contribution in [2.24, 2.45) is 0 Å². The van der Waals surface area contributed by atoms with E-state index < -0.39 is 29.7 Å². The Hall–Kier alpha value is -1.98. The number of ketones is 1. The van der Waals surface area contributed by atoms with Crippen molar-refractivity contribution in [3.63, 3.8) is 0 Å². The van der Waals surface area contributed by atoms with Gasteiger partial charge in [-0.2, -0.15) is 8.78 Å². The molecule has 0 saturated carbocycles. The zero-order chi connectivity index (χ0) is 11.4. The van der Waals surface area contributed by atoms with Gasteiger partial charge in [-0.05, 0) is 12.1 Å². The number of hydrogen-bond acceptors (Lipinski definition) is 3. The highest BCUT2D eigenvalue weighted by atomic mass is 19.3. The van der Waals surface area contributed by atoms with Gasteiger partial charge in [0.05, 0.1) is 5.56 Å². The van der Waals surface area contributed by atoms with Crippen molar-refractivity contribution in [2.75, 3.05) is 0 Å². The average molecular weight is 216 g/mol. The van der Waals surface area contributed by atoms with E-state index in [2.05, 4.69) is 4.74 Å². The fourth-order valence-electron chi connectivity index (χ4n) is 0.968. The number of alkyl halides is 2. The zero-order valence-electron chi connectivity index (χ0n) is 7.31. The molecule has 0 aliphatic carbocycles. The standard InChI is InChI=1S/C9H6F2O4/c10-9(11)15-6-4-2-1-3-5(6)7(12)8(13)14/h1-4,9H,(H,13,14). The highest BCUT2D eigenvalue weighted by Gasteiger charge is 2.20. The fourth-order valence-corrected chi connectivity index (χ4v) is 0.968. The third kappa shape index (κ3) is 2.73. The number of carboxylic acids is 1. The summed E-state index contributed by atoms with van der Waals surface area (Å²) in [5.74, 6) is -3.45. The van der Waals surface area contributed by atoms with Crippen LogP contribution >= 0.6 is 0 Å². The van der Waals surface area contributed by atoms with Crippen LogP contribution in [-0.4, -0.2) is 23.5 Å². The summed E-state index contributed by atoms with van der Waals surface area (Å²) in [6.07, 6.45) is 0. The molecule has 1 aromatic rings. The number of carboxylic acid groups (broad SMARTS) is 1. The van der Waals surface area contributed by atoms with Crippen molar-refractivity contribution < 1.29 is 28.2 Å². The van der Waals surface area contributed by atoms with E-state index in [1.54, 1.807) is 0 Å². The van der Waals surface area contributed by atoms with Gasteiger partial charge in [-0.25, -0.2) is 4.79 Å². The molecule has 15 heavy (non-hydrogen) atoms. The maximum Gasteiger partial charge on any atom is 0.387 e. The lowest BCUT2D eigenvalue weighted by Crippen LogP contribution is -2.15. The van der Waals surface area contributed by atoms with Gasteiger partial charge in [0, 0.05) is 0 Å². The largest absolute Gasteiger partial charge is 0.475 e. The number of carbonyl (C=O) groups excluding carboxylic acids is 1. The van der Waals surface area contributed by atoms with Crippen molar-refractivity contribution in [1.29, 1.82) is 0 Å². The van der Waals surface area contributed by atoms with Crippen LogP contribution in [0, 0.1) is 0 Å². The average Bonchev–Trinajstić information content (AvgIpc) is 2.16. The van der Waals surface area contributed by atoms with Crippen LogP contribution in [0.2, 0.25) is 0 Å². The van der Waals surface area contributed by atoms with Gasteiger partial charge in [0.2, 0.25) is 0 Å². The number of para-hydroxylation sites is 1. The molecule has 0 aromatic heterocycles. The van der Waals surface area contributed by atoms with Gasteiger partial charge in [-0.3, -0.25) is 4.79 Å². The Morgan fingerprint density at radius 1 is 1.27 bits per heavy atom. The van der Waals surface area contributed by atoms with Gasteiger partial charge in [0.15, 0.2) is 0 Å². The van der Waals surface area contributed by atoms with Crippen molar-refractivity contribution >= 4 is 11.8 Å². The minimum Gasteiger partial charge on any atom is -0.475 e. The first kappa shape index (κ1) is 11.1. The predicted octanol–water partition coefficient (Wildman–Crippen LogP) is 1.56. The topological polar surface area (TPSA) is 63.6 Å². The van der Waals surface area contributed by atoms with Crippen molar-refractivity contribution in [1.82, 2.24) is 0 Å². The van der Waals surface area contributed by atoms with Gasteiger partial charge in [-0.1, -0.05) is 12.1 Å². The molecule has 1 rings (SSSR count). The maximum atomic E-state index is 11.9. The number of rotatable bonds is 4. The van der Waals surface area contributed by atoms with Gasteiger partial charge < -0.3 is 9.84 Å². The smallest absolute Gasteiger partial charge is 0.387 e. The summed E-state index contributed by atoms with van der Waals surface area (Å²) in [6.45, 7) is -3.10. The highest BCUT2D eigenvalue weighted by molar-refractivity contribution is 6.40. The lowest BCUT2D eigenvalue weighted by Gasteiger charge is -2.07. The quantitative estimate of drug-likeness (QED) is 0.612. The molecule has 0 aliphatic rings. The number of ether oxygens (including phenoxy) is 1. The molecule has 0 unspecified atom stereocenters. The zero-order valence-corrected chi connectivity index (χ0v) is 7.31. The molecule has 0 fully saturated rings. The molecule has 0 spiro atoms. The third-order valence-electron chi connectivity index (χ3n) is 1.54. The van der Waals surface area contributed by atoms with Crippen LogP contribution in [0.1, 0.15) is 10.4 Å². The second kappa shape index (κ2) is 4.50. The first-order valence-corrected chi connectivity index (χ1v) is 3.84. The first-order chi connectivity index (χ1) is 7.02. The van der Waals surface area contributed by atoms with Crippen molar-refractivity contribution in [3.05, 3.63) is 29.8 Å². The molecular formula is C9H6F2O4. The van der Waals surface area contributed by atoms with E-state index in [4.69, 9.17) is 5.11 Å². The van der Waals surface area contributed by atoms with Crippen molar-refractivity contribution in [2.45, 2.75) is 6.61 Å². The molecule has 0 atom stereocenters. The van der Waals surface area contributed by atoms with E-state index in [9.17, 15) is 18.4 Å². The van der Waals surface area contributed by atoms with Crippen LogP contribution < -0.4 is 4.74 Å². The Labute approximate surface area is 83.1 Å². The van der Waals surface area contributed by atoms with E-state index in [1.165, 1.54) is 12.1 Å². The Balaban J connectivity index is 3.06. The molecule has 0 bridgehead atoms. The van der Waals surface area contributed by atoms with Crippen LogP contribution in [0.5, 0.6) is 5.75 Å². The minimum absolute atomic E-state index is 0.398. The number of benzene rings is 1. The molecule has 0 aliphatic heterocycles. The lowest BCUT2D eigenvalue weighted by atomic mass is 10.1. The van der Waals surface area contributed by atoms with Gasteiger partial charge >= 0.3 is 12.6 Å². The SMILES string of the molecule is O=C(O)C(=O)c1ccccc1OC(F)F. The third-order valence-corrected chi connectivity index (χ3v) is 1.54. The fraction of sp³-hybridized carbons (Fsp3) is 0.111. The number of halogens is 2. The molecular weight excluding hydrogens is 210 g/mol. The molecule has 6 heteroatoms. The Bertz CT molecular complexity index is 389. The lowest BCUT2D eigenvalue weighted by molar-refractivity contribution is -0.131. The van der Waals surface area contributed by atoms with E-state index >= 15 is 0 Å². The van der Waals surface area contributed by atoms with Crippen LogP contribution in [0.4, 0.5) is 8.78 Å². The monoisotopic (exact) mass is 216 g/mol. The summed E-state index contributed by atoms with van der Waals surface area (Å²) in [5.41, 5.74) is -0.398. The second-order valence-corrected chi connectivity index (χ2v) is 2.51. The predicted molar refractivity (Wildman–Crippen MR) is 45.0 cm³/mol. The number of aliphatic carboxylic acids is 1. The van der Waals surface area contributed by atoms with E-state index in [0.29, 0.717) is 0 Å². The molecule has 1 aromatic carbocycles. The Kier molecular flexibility index (Phi) is 3.33. The minimum atomic E-state index is -3.10. The van der Waals surface area contributed by atoms with Gasteiger partial charge in [0.25, 0.3) is 5.78 Å². The summed E-state index contributed by atoms with van der Waals surface area (Å²) in [4.78, 5) is 21.4. The van der Waals surface area contributed by atoms with Crippen LogP contribution in [-0.2, 0) is 4.79 Å². The Morgan fingerprint density at radius 2 is 1.87 bits per heavy atom. The van der Waals surface area contributed by atoms with Gasteiger partial charge in [0.1, 0.15) is 5.75 Å². The van der Waals surface area contributed by atoms with Crippen LogP contribution in [0.3, 0.4) is 0 Å². The van der Waals surface area contributed by atoms with E-state index in [0.717, 1.165) is 12.1 Å². The summed E-state index contributed by atoms with van der Waals surface area (Å²) in [6, 6.07) is 4.92. The first-order valence-electron chi connectivity index (χ1n) is 3.84. The number of carbonyl (C=O) groups is 2. The summed E-state index contributed by atoms with van der Waals surface area (Å²) >= 11 is 0. The maximum absolute atomic E-state index is 11.9. The summed E-state index contributed by atoms with van der Waals surface area (Å²) in [7, 11) is 0. The Morgan fingerprint density at radius 3 is 2.40 bits per heavy atom. The summed E-state index contributed by atoms with van der Waals surface area (Å²) < 4.78 is 27.8. The molecule has 4 nitrogen and oxygen atoms in total.